The van der Waals surface area contributed by atoms with Crippen LogP contribution in [0.3, 0.4) is 0 Å². The minimum atomic E-state index is -0.704. The molecule has 4 aliphatic heterocycles. The van der Waals surface area contributed by atoms with Gasteiger partial charge in [0.15, 0.2) is 0 Å². The van der Waals surface area contributed by atoms with E-state index in [1.165, 1.54) is 0 Å². The van der Waals surface area contributed by atoms with Crippen LogP contribution in [0.25, 0.3) is 11.0 Å². The highest BCUT2D eigenvalue weighted by Crippen LogP contribution is 2.25. The van der Waals surface area contributed by atoms with Gasteiger partial charge in [-0.05, 0) is 80.9 Å². The van der Waals surface area contributed by atoms with Gasteiger partial charge in [0.05, 0.1) is 5.52 Å². The maximum Gasteiger partial charge on any atom is 0.322 e. The molecule has 250 valence electrons. The summed E-state index contributed by atoms with van der Waals surface area (Å²) in [7, 11) is 0. The third-order valence-corrected chi connectivity index (χ3v) is 10.5. The number of nitrogens with one attached hydrogen (secondary N) is 4. The number of aromatic amines is 1. The van der Waals surface area contributed by atoms with Crippen LogP contribution in [0.2, 0.25) is 0 Å². The molecule has 1 atom stereocenters. The van der Waals surface area contributed by atoms with E-state index in [1.807, 2.05) is 47.1 Å². The minimum absolute atomic E-state index is 0.0445. The third-order valence-electron chi connectivity index (χ3n) is 10.5. The molecule has 13 nitrogen and oxygen atoms in total. The first-order chi connectivity index (χ1) is 22.9. The number of benzene rings is 2. The Morgan fingerprint density at radius 3 is 2.49 bits per heavy atom. The molecular formula is C34H46N10O3. The number of piperazine rings is 1. The summed E-state index contributed by atoms with van der Waals surface area (Å²) in [5.41, 5.74) is 5.57. The summed E-state index contributed by atoms with van der Waals surface area (Å²) >= 11 is 0. The maximum absolute atomic E-state index is 14.1. The van der Waals surface area contributed by atoms with Gasteiger partial charge in [-0.1, -0.05) is 29.5 Å². The Balaban J connectivity index is 1.00. The lowest BCUT2D eigenvalue weighted by molar-refractivity contribution is -0.135. The fourth-order valence-corrected chi connectivity index (χ4v) is 7.81. The van der Waals surface area contributed by atoms with Crippen molar-refractivity contribution in [2.75, 3.05) is 64.2 Å². The Kier molecular flexibility index (Phi) is 9.25. The molecule has 5 heterocycles. The molecule has 5 amide bonds. The summed E-state index contributed by atoms with van der Waals surface area (Å²) < 4.78 is 0. The van der Waals surface area contributed by atoms with E-state index in [0.29, 0.717) is 58.0 Å². The number of nitrogens with zero attached hydrogens (tertiary/aromatic N) is 6. The number of amides is 5. The number of piperidine rings is 2. The Hall–Kier alpha value is -4.23. The second-order valence-electron chi connectivity index (χ2n) is 13.4. The predicted octanol–water partition coefficient (Wildman–Crippen LogP) is 2.34. The molecule has 0 saturated carbocycles. The minimum Gasteiger partial charge on any atom is -0.338 e. The van der Waals surface area contributed by atoms with Gasteiger partial charge in [-0.2, -0.15) is 0 Å². The van der Waals surface area contributed by atoms with Gasteiger partial charge in [0.25, 0.3) is 0 Å². The molecule has 0 aliphatic carbocycles. The molecule has 0 spiro atoms. The number of carbonyl (C=O) groups excluding carboxylic acids is 3. The first-order valence-corrected chi connectivity index (χ1v) is 17.2. The molecule has 0 bridgehead atoms. The van der Waals surface area contributed by atoms with Crippen molar-refractivity contribution < 1.29 is 14.4 Å². The number of hydrogen-bond donors (Lipinski definition) is 4. The molecule has 1 aromatic heterocycles. The molecule has 47 heavy (non-hydrogen) atoms. The van der Waals surface area contributed by atoms with Gasteiger partial charge >= 0.3 is 12.1 Å². The largest absolute Gasteiger partial charge is 0.338 e. The van der Waals surface area contributed by atoms with Crippen LogP contribution in [0.5, 0.6) is 0 Å². The summed E-state index contributed by atoms with van der Waals surface area (Å²) in [4.78, 5) is 49.1. The number of aryl methyl sites for hydroxylation is 1. The van der Waals surface area contributed by atoms with E-state index < -0.39 is 6.04 Å². The first kappa shape index (κ1) is 31.4. The van der Waals surface area contributed by atoms with E-state index in [-0.39, 0.29) is 24.0 Å². The lowest BCUT2D eigenvalue weighted by Crippen LogP contribution is -2.59. The molecule has 7 rings (SSSR count). The summed E-state index contributed by atoms with van der Waals surface area (Å²) in [6, 6.07) is 11.5. The van der Waals surface area contributed by atoms with Gasteiger partial charge in [0, 0.05) is 70.0 Å². The summed E-state index contributed by atoms with van der Waals surface area (Å²) in [5.74, 6) is -0.0445. The molecule has 3 fully saturated rings. The van der Waals surface area contributed by atoms with Crippen LogP contribution in [0.4, 0.5) is 15.3 Å². The molecule has 4 aliphatic rings. The normalized spacial score (nSPS) is 20.9. The molecule has 3 aromatic rings. The number of carbonyl (C=O) groups is 3. The molecule has 2 aromatic carbocycles. The number of fused-ring (bicyclic) bond motifs is 2. The summed E-state index contributed by atoms with van der Waals surface area (Å²) in [6.45, 7) is 8.79. The van der Waals surface area contributed by atoms with Crippen LogP contribution in [0.1, 0.15) is 42.4 Å². The quantitative estimate of drug-likeness (QED) is 0.324. The zero-order chi connectivity index (χ0) is 32.3. The summed E-state index contributed by atoms with van der Waals surface area (Å²) in [6.07, 6.45) is 4.83. The number of rotatable bonds is 6. The van der Waals surface area contributed by atoms with E-state index in [2.05, 4.69) is 42.3 Å². The van der Waals surface area contributed by atoms with Crippen LogP contribution in [-0.2, 0) is 17.6 Å². The summed E-state index contributed by atoms with van der Waals surface area (Å²) in [5, 5.41) is 20.7. The van der Waals surface area contributed by atoms with E-state index >= 15 is 0 Å². The van der Waals surface area contributed by atoms with Crippen molar-refractivity contribution in [1.29, 1.82) is 0 Å². The van der Waals surface area contributed by atoms with Crippen LogP contribution in [0, 0.1) is 6.92 Å². The van der Waals surface area contributed by atoms with E-state index in [1.54, 1.807) is 4.90 Å². The van der Waals surface area contributed by atoms with Crippen molar-refractivity contribution in [3.63, 3.8) is 0 Å². The molecule has 0 radical (unpaired) electrons. The standard InChI is InChI=1S/C34H46N10O3/c1-23-20-24(21-29-31(23)39-40-38-29)22-30(32(45)42-18-16-41(17-19-42)26-6-11-35-12-7-26)37-33(46)43-13-9-27(10-14-43)44-15-8-25-4-2-3-5-28(25)36-34(44)47/h2-5,20-21,26-27,30,35H,6-19,22H2,1H3,(H,36,47)(H,37,46)(H,38,39,40). The Labute approximate surface area is 275 Å². The second kappa shape index (κ2) is 13.9. The highest BCUT2D eigenvalue weighted by Gasteiger charge is 2.35. The van der Waals surface area contributed by atoms with E-state index in [0.717, 1.165) is 78.9 Å². The van der Waals surface area contributed by atoms with Gasteiger partial charge in [-0.25, -0.2) is 9.59 Å². The lowest BCUT2D eigenvalue weighted by atomic mass is 10.0. The van der Waals surface area contributed by atoms with Crippen molar-refractivity contribution in [2.24, 2.45) is 0 Å². The van der Waals surface area contributed by atoms with Crippen molar-refractivity contribution in [2.45, 2.75) is 63.6 Å². The number of likely N-dealkylation sites (tertiary alicyclic amines) is 1. The van der Waals surface area contributed by atoms with Gasteiger partial charge in [0.2, 0.25) is 5.91 Å². The van der Waals surface area contributed by atoms with Crippen LogP contribution in [0.15, 0.2) is 36.4 Å². The molecule has 3 saturated heterocycles. The Morgan fingerprint density at radius 1 is 0.936 bits per heavy atom. The topological polar surface area (TPSA) is 142 Å². The monoisotopic (exact) mass is 642 g/mol. The zero-order valence-electron chi connectivity index (χ0n) is 27.2. The van der Waals surface area contributed by atoms with Gasteiger partial charge < -0.3 is 30.7 Å². The fraction of sp³-hybridized carbons (Fsp3) is 0.559. The van der Waals surface area contributed by atoms with Crippen molar-refractivity contribution in [3.8, 4) is 0 Å². The van der Waals surface area contributed by atoms with Crippen molar-refractivity contribution in [1.82, 2.24) is 45.6 Å². The van der Waals surface area contributed by atoms with Gasteiger partial charge in [0.1, 0.15) is 11.6 Å². The Bertz CT molecular complexity index is 1590. The number of H-pyrrole nitrogens is 1. The third kappa shape index (κ3) is 6.91. The first-order valence-electron chi connectivity index (χ1n) is 17.2. The number of anilines is 1. The highest BCUT2D eigenvalue weighted by atomic mass is 16.2. The Morgan fingerprint density at radius 2 is 1.70 bits per heavy atom. The van der Waals surface area contributed by atoms with Gasteiger partial charge in [-0.3, -0.25) is 14.8 Å². The highest BCUT2D eigenvalue weighted by molar-refractivity contribution is 5.91. The fourth-order valence-electron chi connectivity index (χ4n) is 7.81. The average molecular weight is 643 g/mol. The second-order valence-corrected chi connectivity index (χ2v) is 13.4. The van der Waals surface area contributed by atoms with Crippen LogP contribution in [-0.4, -0.2) is 130 Å². The van der Waals surface area contributed by atoms with Crippen LogP contribution >= 0.6 is 0 Å². The van der Waals surface area contributed by atoms with E-state index in [9.17, 15) is 14.4 Å². The zero-order valence-corrected chi connectivity index (χ0v) is 27.2. The number of para-hydroxylation sites is 1. The van der Waals surface area contributed by atoms with Crippen molar-refractivity contribution >= 4 is 34.7 Å². The molecule has 4 N–H and O–H groups in total. The molecule has 1 unspecified atom stereocenters. The lowest BCUT2D eigenvalue weighted by Gasteiger charge is -2.42. The van der Waals surface area contributed by atoms with Crippen LogP contribution < -0.4 is 16.0 Å². The van der Waals surface area contributed by atoms with Crippen molar-refractivity contribution in [3.05, 3.63) is 53.1 Å². The average Bonchev–Trinajstić information content (AvgIpc) is 3.52. The number of hydrogen-bond acceptors (Lipinski definition) is 7. The smallest absolute Gasteiger partial charge is 0.322 e. The number of urea groups is 2. The molecular weight excluding hydrogens is 596 g/mol. The SMILES string of the molecule is Cc1cc(CC(NC(=O)N2CCC(N3CCc4ccccc4NC3=O)CC2)C(=O)N2CCN(C3CCNCC3)CC2)cc2nn[nH]c12. The maximum atomic E-state index is 14.1. The van der Waals surface area contributed by atoms with Gasteiger partial charge in [-0.15, -0.1) is 5.10 Å². The molecule has 13 heteroatoms. The predicted molar refractivity (Wildman–Crippen MR) is 179 cm³/mol. The van der Waals surface area contributed by atoms with E-state index in [4.69, 9.17) is 0 Å². The number of aromatic nitrogens is 3.